The molecule has 0 saturated carbocycles. The van der Waals surface area contributed by atoms with Gasteiger partial charge in [-0.3, -0.25) is 4.79 Å². The third-order valence-corrected chi connectivity index (χ3v) is 6.38. The molecule has 0 spiro atoms. The second kappa shape index (κ2) is 9.23. The maximum atomic E-state index is 13.6. The van der Waals surface area contributed by atoms with Crippen LogP contribution in [0.25, 0.3) is 5.69 Å². The average molecular weight is 571 g/mol. The van der Waals surface area contributed by atoms with E-state index in [-0.39, 0.29) is 21.6 Å². The normalized spacial score (nSPS) is 17.2. The number of benzene rings is 1. The van der Waals surface area contributed by atoms with Gasteiger partial charge in [-0.2, -0.15) is 28.2 Å². The fraction of sp³-hybridized carbons (Fsp3) is 0.381. The van der Waals surface area contributed by atoms with Crippen LogP contribution in [-0.2, 0) is 6.18 Å². The summed E-state index contributed by atoms with van der Waals surface area (Å²) >= 11 is 1.58. The smallest absolute Gasteiger partial charge is 0.339 e. The molecule has 0 aliphatic carbocycles. The van der Waals surface area contributed by atoms with E-state index in [0.717, 1.165) is 11.8 Å². The standard InChI is InChI=1S/C21H21F3IN7O/c1-13-3-4-17(32-27-6-7-28-32)15(11-13)19(33)31-10-9-30(8-5-14(31)2)20-26-12-16(18(25)29-20)21(22,23)24/h3-4,6-7,11-12,14H,5,8-10H2,1-2H3/t14-/m1/s1. The summed E-state index contributed by atoms with van der Waals surface area (Å²) < 4.78 is 39.0. The Hall–Kier alpha value is -2.77. The number of aryl methyl sites for hydroxylation is 1. The number of amides is 1. The van der Waals surface area contributed by atoms with Crippen molar-refractivity contribution in [1.29, 1.82) is 0 Å². The molecular formula is C21H21F3IN7O. The van der Waals surface area contributed by atoms with Gasteiger partial charge in [-0.15, -0.1) is 0 Å². The molecule has 1 amide bonds. The van der Waals surface area contributed by atoms with E-state index in [9.17, 15) is 18.0 Å². The van der Waals surface area contributed by atoms with Crippen LogP contribution >= 0.6 is 22.6 Å². The maximum absolute atomic E-state index is 13.6. The molecule has 0 radical (unpaired) electrons. The largest absolute Gasteiger partial charge is 0.420 e. The molecule has 12 heteroatoms. The SMILES string of the molecule is Cc1ccc(-n2nccn2)c(C(=O)N2CCN(c3ncc(C(F)(F)F)c(I)n3)CC[C@H]2C)c1. The van der Waals surface area contributed by atoms with Crippen LogP contribution in [0.3, 0.4) is 0 Å². The third kappa shape index (κ3) is 4.94. The van der Waals surface area contributed by atoms with Gasteiger partial charge in [-0.05, 0) is 55.0 Å². The summed E-state index contributed by atoms with van der Waals surface area (Å²) in [6.45, 7) is 5.17. The van der Waals surface area contributed by atoms with Crippen molar-refractivity contribution in [2.24, 2.45) is 0 Å². The molecule has 4 rings (SSSR count). The van der Waals surface area contributed by atoms with Crippen LogP contribution in [-0.4, -0.2) is 61.4 Å². The van der Waals surface area contributed by atoms with Crippen LogP contribution in [0.15, 0.2) is 36.8 Å². The first-order valence-corrected chi connectivity index (χ1v) is 11.4. The number of hydrogen-bond acceptors (Lipinski definition) is 6. The maximum Gasteiger partial charge on any atom is 0.420 e. The summed E-state index contributed by atoms with van der Waals surface area (Å²) in [4.78, 5) is 26.6. The van der Waals surface area contributed by atoms with Crippen molar-refractivity contribution in [2.45, 2.75) is 32.5 Å². The number of anilines is 1. The summed E-state index contributed by atoms with van der Waals surface area (Å²) in [5, 5.41) is 8.31. The quantitative estimate of drug-likeness (QED) is 0.352. The Kier molecular flexibility index (Phi) is 6.54. The minimum Gasteiger partial charge on any atom is -0.339 e. The van der Waals surface area contributed by atoms with Gasteiger partial charge in [0, 0.05) is 31.9 Å². The van der Waals surface area contributed by atoms with Gasteiger partial charge in [-0.25, -0.2) is 9.97 Å². The number of rotatable bonds is 3. The van der Waals surface area contributed by atoms with Crippen molar-refractivity contribution in [3.8, 4) is 5.69 Å². The van der Waals surface area contributed by atoms with Crippen molar-refractivity contribution < 1.29 is 18.0 Å². The van der Waals surface area contributed by atoms with Gasteiger partial charge in [0.25, 0.3) is 5.91 Å². The highest BCUT2D eigenvalue weighted by atomic mass is 127. The van der Waals surface area contributed by atoms with Crippen LogP contribution in [0, 0.1) is 10.6 Å². The Morgan fingerprint density at radius 3 is 2.55 bits per heavy atom. The van der Waals surface area contributed by atoms with E-state index in [4.69, 9.17) is 0 Å². The Morgan fingerprint density at radius 1 is 1.15 bits per heavy atom. The van der Waals surface area contributed by atoms with Gasteiger partial charge < -0.3 is 9.80 Å². The van der Waals surface area contributed by atoms with E-state index in [0.29, 0.717) is 37.3 Å². The van der Waals surface area contributed by atoms with E-state index >= 15 is 0 Å². The molecule has 1 aliphatic heterocycles. The third-order valence-electron chi connectivity index (χ3n) is 5.55. The summed E-state index contributed by atoms with van der Waals surface area (Å²) in [5.41, 5.74) is 1.16. The number of aromatic nitrogens is 5. The van der Waals surface area contributed by atoms with E-state index in [1.54, 1.807) is 39.9 Å². The first-order chi connectivity index (χ1) is 15.6. The Bertz CT molecular complexity index is 1150. The van der Waals surface area contributed by atoms with Gasteiger partial charge in [0.1, 0.15) is 9.26 Å². The van der Waals surface area contributed by atoms with Crippen LogP contribution in [0.1, 0.15) is 34.8 Å². The highest BCUT2D eigenvalue weighted by molar-refractivity contribution is 14.1. The van der Waals surface area contributed by atoms with Crippen LogP contribution in [0.5, 0.6) is 0 Å². The number of nitrogens with zero attached hydrogens (tertiary/aromatic N) is 7. The lowest BCUT2D eigenvalue weighted by Gasteiger charge is -2.27. The minimum atomic E-state index is -4.50. The molecule has 1 atom stereocenters. The molecule has 1 aromatic carbocycles. The number of carbonyl (C=O) groups excluding carboxylic acids is 1. The first kappa shape index (κ1) is 23.4. The number of carbonyl (C=O) groups is 1. The van der Waals surface area contributed by atoms with Gasteiger partial charge in [0.15, 0.2) is 0 Å². The molecule has 0 N–H and O–H groups in total. The zero-order valence-corrected chi connectivity index (χ0v) is 20.1. The molecular weight excluding hydrogens is 550 g/mol. The Labute approximate surface area is 201 Å². The Morgan fingerprint density at radius 2 is 1.88 bits per heavy atom. The van der Waals surface area contributed by atoms with Crippen molar-refractivity contribution >= 4 is 34.4 Å². The monoisotopic (exact) mass is 571 g/mol. The van der Waals surface area contributed by atoms with Gasteiger partial charge in [0.2, 0.25) is 5.95 Å². The van der Waals surface area contributed by atoms with Crippen LogP contribution in [0.2, 0.25) is 0 Å². The van der Waals surface area contributed by atoms with E-state index in [1.807, 2.05) is 36.9 Å². The molecule has 33 heavy (non-hydrogen) atoms. The van der Waals surface area contributed by atoms with Gasteiger partial charge >= 0.3 is 6.18 Å². The first-order valence-electron chi connectivity index (χ1n) is 10.3. The van der Waals surface area contributed by atoms with Crippen molar-refractivity contribution in [1.82, 2.24) is 29.9 Å². The van der Waals surface area contributed by atoms with Crippen LogP contribution < -0.4 is 4.90 Å². The Balaban J connectivity index is 1.57. The molecule has 3 heterocycles. The predicted octanol–water partition coefficient (Wildman–Crippen LogP) is 3.73. The minimum absolute atomic E-state index is 0.0880. The van der Waals surface area contributed by atoms with E-state index in [2.05, 4.69) is 20.2 Å². The molecule has 2 aromatic heterocycles. The number of halogens is 4. The molecule has 3 aromatic rings. The molecule has 0 unspecified atom stereocenters. The summed E-state index contributed by atoms with van der Waals surface area (Å²) in [5.74, 6) is 0.0779. The predicted molar refractivity (Wildman–Crippen MR) is 123 cm³/mol. The second-order valence-electron chi connectivity index (χ2n) is 7.83. The molecule has 8 nitrogen and oxygen atoms in total. The number of alkyl halides is 3. The van der Waals surface area contributed by atoms with Gasteiger partial charge in [-0.1, -0.05) is 11.6 Å². The lowest BCUT2D eigenvalue weighted by atomic mass is 10.1. The molecule has 0 bridgehead atoms. The molecule has 174 valence electrons. The molecule has 1 saturated heterocycles. The van der Waals surface area contributed by atoms with E-state index < -0.39 is 11.7 Å². The fourth-order valence-corrected chi connectivity index (χ4v) is 4.41. The summed E-state index contributed by atoms with van der Waals surface area (Å²) in [7, 11) is 0. The lowest BCUT2D eigenvalue weighted by molar-refractivity contribution is -0.138. The number of hydrogen-bond donors (Lipinski definition) is 0. The van der Waals surface area contributed by atoms with Crippen molar-refractivity contribution in [3.63, 3.8) is 0 Å². The summed E-state index contributed by atoms with van der Waals surface area (Å²) in [6, 6.07) is 5.44. The second-order valence-corrected chi connectivity index (χ2v) is 8.86. The highest BCUT2D eigenvalue weighted by Gasteiger charge is 2.35. The topological polar surface area (TPSA) is 80.0 Å². The van der Waals surface area contributed by atoms with Crippen molar-refractivity contribution in [2.75, 3.05) is 24.5 Å². The lowest BCUT2D eigenvalue weighted by Crippen LogP contribution is -2.40. The zero-order chi connectivity index (χ0) is 23.8. The highest BCUT2D eigenvalue weighted by Crippen LogP contribution is 2.32. The van der Waals surface area contributed by atoms with Crippen LogP contribution in [0.4, 0.5) is 19.1 Å². The van der Waals surface area contributed by atoms with Crippen molar-refractivity contribution in [3.05, 3.63) is 57.2 Å². The van der Waals surface area contributed by atoms with E-state index in [1.165, 1.54) is 4.80 Å². The molecule has 1 aliphatic rings. The summed E-state index contributed by atoms with van der Waals surface area (Å²) in [6.07, 6.45) is 0.0316. The molecule has 1 fully saturated rings. The van der Waals surface area contributed by atoms with Gasteiger partial charge in [0.05, 0.1) is 23.6 Å². The average Bonchev–Trinajstić information content (AvgIpc) is 3.22. The fourth-order valence-electron chi connectivity index (χ4n) is 3.75. The zero-order valence-electron chi connectivity index (χ0n) is 17.9.